The molecule has 11 heavy (non-hydrogen) atoms. The number of piperidine rings is 1. The highest BCUT2D eigenvalue weighted by atomic mass is 35.5. The Labute approximate surface area is 74.7 Å². The second-order valence-corrected chi connectivity index (χ2v) is 4.14. The smallest absolute Gasteiger partial charge is 0.0489 e. The first-order chi connectivity index (χ1) is 5.24. The van der Waals surface area contributed by atoms with Crippen molar-refractivity contribution in [1.82, 2.24) is 4.90 Å². The Hall–Kier alpha value is 0.250. The van der Waals surface area contributed by atoms with Crippen molar-refractivity contribution in [3.63, 3.8) is 0 Å². The Bertz CT molecular complexity index is 116. The van der Waals surface area contributed by atoms with E-state index in [-0.39, 0.29) is 0 Å². The Balaban J connectivity index is 2.28. The van der Waals surface area contributed by atoms with E-state index in [1.165, 1.54) is 25.9 Å². The van der Waals surface area contributed by atoms with Gasteiger partial charge in [0.1, 0.15) is 0 Å². The first-order valence-corrected chi connectivity index (χ1v) is 5.04. The Kier molecular flexibility index (Phi) is 3.67. The minimum atomic E-state index is 0.385. The van der Waals surface area contributed by atoms with E-state index in [1.807, 2.05) is 0 Å². The number of nitrogens with zero attached hydrogens (tertiary/aromatic N) is 1. The Morgan fingerprint density at radius 3 is 2.82 bits per heavy atom. The monoisotopic (exact) mass is 175 g/mol. The van der Waals surface area contributed by atoms with Gasteiger partial charge in [0.05, 0.1) is 0 Å². The van der Waals surface area contributed by atoms with E-state index in [0.29, 0.717) is 11.3 Å². The van der Waals surface area contributed by atoms with Crippen molar-refractivity contribution in [2.45, 2.75) is 32.1 Å². The standard InChI is InChI=1S/C9H18ClN/c1-3-5-11-6-4-8(2)9(10)7-11/h8-9H,3-7H2,1-2H3. The molecular formula is C9H18ClN. The van der Waals surface area contributed by atoms with Crippen LogP contribution in [0.3, 0.4) is 0 Å². The molecule has 2 unspecified atom stereocenters. The fraction of sp³-hybridized carbons (Fsp3) is 1.00. The number of rotatable bonds is 2. The largest absolute Gasteiger partial charge is 0.302 e. The number of hydrogen-bond acceptors (Lipinski definition) is 1. The first-order valence-electron chi connectivity index (χ1n) is 4.60. The van der Waals surface area contributed by atoms with E-state index < -0.39 is 0 Å². The van der Waals surface area contributed by atoms with Gasteiger partial charge in [0.25, 0.3) is 0 Å². The molecule has 0 spiro atoms. The number of likely N-dealkylation sites (tertiary alicyclic amines) is 1. The third-order valence-corrected chi connectivity index (χ3v) is 3.06. The van der Waals surface area contributed by atoms with Crippen molar-refractivity contribution in [2.24, 2.45) is 5.92 Å². The molecule has 2 atom stereocenters. The average molecular weight is 176 g/mol. The summed E-state index contributed by atoms with van der Waals surface area (Å²) in [4.78, 5) is 2.47. The Morgan fingerprint density at radius 2 is 2.27 bits per heavy atom. The normalized spacial score (nSPS) is 34.1. The van der Waals surface area contributed by atoms with E-state index in [1.54, 1.807) is 0 Å². The van der Waals surface area contributed by atoms with Crippen molar-refractivity contribution in [3.8, 4) is 0 Å². The molecule has 0 aromatic carbocycles. The SMILES string of the molecule is CCCN1CCC(C)C(Cl)C1. The minimum Gasteiger partial charge on any atom is -0.302 e. The van der Waals surface area contributed by atoms with Gasteiger partial charge >= 0.3 is 0 Å². The van der Waals surface area contributed by atoms with E-state index in [4.69, 9.17) is 11.6 Å². The predicted octanol–water partition coefficient (Wildman–Crippen LogP) is 2.35. The van der Waals surface area contributed by atoms with Gasteiger partial charge in [-0.15, -0.1) is 11.6 Å². The van der Waals surface area contributed by atoms with Gasteiger partial charge in [-0.2, -0.15) is 0 Å². The first kappa shape index (κ1) is 9.34. The van der Waals surface area contributed by atoms with E-state index in [0.717, 1.165) is 6.54 Å². The Morgan fingerprint density at radius 1 is 1.55 bits per heavy atom. The van der Waals surface area contributed by atoms with Crippen LogP contribution in [-0.4, -0.2) is 29.9 Å². The zero-order valence-corrected chi connectivity index (χ0v) is 8.27. The van der Waals surface area contributed by atoms with E-state index in [2.05, 4.69) is 18.7 Å². The number of hydrogen-bond donors (Lipinski definition) is 0. The van der Waals surface area contributed by atoms with Crippen molar-refractivity contribution in [2.75, 3.05) is 19.6 Å². The molecule has 2 heteroatoms. The van der Waals surface area contributed by atoms with Gasteiger partial charge in [-0.05, 0) is 31.8 Å². The maximum Gasteiger partial charge on any atom is 0.0489 e. The zero-order valence-electron chi connectivity index (χ0n) is 7.52. The second-order valence-electron chi connectivity index (χ2n) is 3.58. The molecule has 0 N–H and O–H groups in total. The van der Waals surface area contributed by atoms with Gasteiger partial charge in [0.15, 0.2) is 0 Å². The molecule has 0 radical (unpaired) electrons. The molecule has 0 bridgehead atoms. The molecule has 1 aliphatic rings. The predicted molar refractivity (Wildman–Crippen MR) is 50.2 cm³/mol. The molecule has 66 valence electrons. The zero-order chi connectivity index (χ0) is 8.27. The highest BCUT2D eigenvalue weighted by Crippen LogP contribution is 2.21. The highest BCUT2D eigenvalue weighted by Gasteiger charge is 2.23. The molecule has 0 aliphatic carbocycles. The second kappa shape index (κ2) is 4.32. The van der Waals surface area contributed by atoms with E-state index in [9.17, 15) is 0 Å². The summed E-state index contributed by atoms with van der Waals surface area (Å²) in [5.41, 5.74) is 0. The molecule has 0 aromatic heterocycles. The molecule has 1 aliphatic heterocycles. The molecule has 1 saturated heterocycles. The average Bonchev–Trinajstić information content (AvgIpc) is 1.98. The van der Waals surface area contributed by atoms with Crippen LogP contribution in [0.15, 0.2) is 0 Å². The van der Waals surface area contributed by atoms with Gasteiger partial charge in [-0.25, -0.2) is 0 Å². The number of alkyl halides is 1. The summed E-state index contributed by atoms with van der Waals surface area (Å²) < 4.78 is 0. The molecule has 0 aromatic rings. The molecule has 0 saturated carbocycles. The molecule has 1 nitrogen and oxygen atoms in total. The summed E-state index contributed by atoms with van der Waals surface area (Å²) in [5.74, 6) is 0.713. The molecule has 0 amide bonds. The topological polar surface area (TPSA) is 3.24 Å². The lowest BCUT2D eigenvalue weighted by Crippen LogP contribution is -2.40. The lowest BCUT2D eigenvalue weighted by molar-refractivity contribution is 0.197. The van der Waals surface area contributed by atoms with Gasteiger partial charge in [-0.1, -0.05) is 13.8 Å². The summed E-state index contributed by atoms with van der Waals surface area (Å²) >= 11 is 6.16. The lowest BCUT2D eigenvalue weighted by atomic mass is 9.98. The fourth-order valence-corrected chi connectivity index (χ4v) is 1.93. The maximum absolute atomic E-state index is 6.16. The van der Waals surface area contributed by atoms with Gasteiger partial charge < -0.3 is 4.90 Å². The number of halogens is 1. The van der Waals surface area contributed by atoms with Gasteiger partial charge in [0, 0.05) is 11.9 Å². The fourth-order valence-electron chi connectivity index (χ4n) is 1.60. The lowest BCUT2D eigenvalue weighted by Gasteiger charge is -2.33. The third kappa shape index (κ3) is 2.64. The molecule has 1 fully saturated rings. The van der Waals surface area contributed by atoms with E-state index >= 15 is 0 Å². The third-order valence-electron chi connectivity index (χ3n) is 2.49. The van der Waals surface area contributed by atoms with Crippen LogP contribution in [-0.2, 0) is 0 Å². The van der Waals surface area contributed by atoms with Crippen LogP contribution >= 0.6 is 11.6 Å². The van der Waals surface area contributed by atoms with Crippen LogP contribution in [0, 0.1) is 5.92 Å². The van der Waals surface area contributed by atoms with Crippen molar-refractivity contribution >= 4 is 11.6 Å². The summed E-state index contributed by atoms with van der Waals surface area (Å²) in [6, 6.07) is 0. The van der Waals surface area contributed by atoms with Crippen LogP contribution in [0.25, 0.3) is 0 Å². The maximum atomic E-state index is 6.16. The summed E-state index contributed by atoms with van der Waals surface area (Å²) in [5, 5.41) is 0.385. The molecule has 1 rings (SSSR count). The van der Waals surface area contributed by atoms with Crippen molar-refractivity contribution in [3.05, 3.63) is 0 Å². The minimum absolute atomic E-state index is 0.385. The van der Waals surface area contributed by atoms with Crippen LogP contribution < -0.4 is 0 Å². The molecular weight excluding hydrogens is 158 g/mol. The summed E-state index contributed by atoms with van der Waals surface area (Å²) in [7, 11) is 0. The quantitative estimate of drug-likeness (QED) is 0.583. The van der Waals surface area contributed by atoms with Gasteiger partial charge in [-0.3, -0.25) is 0 Å². The van der Waals surface area contributed by atoms with Gasteiger partial charge in [0.2, 0.25) is 0 Å². The molecule has 1 heterocycles. The summed E-state index contributed by atoms with van der Waals surface area (Å²) in [6.45, 7) is 8.03. The van der Waals surface area contributed by atoms with Crippen LogP contribution in [0.4, 0.5) is 0 Å². The van der Waals surface area contributed by atoms with Crippen LogP contribution in [0.5, 0.6) is 0 Å². The highest BCUT2D eigenvalue weighted by molar-refractivity contribution is 6.21. The van der Waals surface area contributed by atoms with Crippen LogP contribution in [0.2, 0.25) is 0 Å². The summed E-state index contributed by atoms with van der Waals surface area (Å²) in [6.07, 6.45) is 2.52. The van der Waals surface area contributed by atoms with Crippen molar-refractivity contribution in [1.29, 1.82) is 0 Å². The van der Waals surface area contributed by atoms with Crippen LogP contribution in [0.1, 0.15) is 26.7 Å². The van der Waals surface area contributed by atoms with Crippen molar-refractivity contribution < 1.29 is 0 Å².